The van der Waals surface area contributed by atoms with Crippen molar-refractivity contribution in [3.8, 4) is 5.75 Å². The largest absolute Gasteiger partial charge is 0.481 e. The maximum absolute atomic E-state index is 11.8. The Bertz CT molecular complexity index is 477. The molecule has 0 aliphatic heterocycles. The number of unbranched alkanes of at least 4 members (excludes halogenated alkanes) is 1. The Morgan fingerprint density at radius 1 is 1.20 bits per heavy atom. The van der Waals surface area contributed by atoms with Crippen molar-refractivity contribution >= 4 is 11.9 Å². The van der Waals surface area contributed by atoms with Crippen LogP contribution in [0.3, 0.4) is 0 Å². The highest BCUT2D eigenvalue weighted by molar-refractivity contribution is 5.73. The standard InChI is InChI=1S/C16H22O4/c1-11(2)13-9-8-12(3)10-14(13)20-16(19)7-5-4-6-15(17)18/h8-11H,4-7H2,1-3H3,(H,17,18). The van der Waals surface area contributed by atoms with E-state index >= 15 is 0 Å². The van der Waals surface area contributed by atoms with E-state index in [1.807, 2.05) is 25.1 Å². The van der Waals surface area contributed by atoms with Crippen LogP contribution in [0.15, 0.2) is 18.2 Å². The molecule has 0 unspecified atom stereocenters. The molecule has 0 atom stereocenters. The molecule has 20 heavy (non-hydrogen) atoms. The van der Waals surface area contributed by atoms with E-state index in [2.05, 4.69) is 13.8 Å². The lowest BCUT2D eigenvalue weighted by atomic mass is 10.0. The molecule has 1 rings (SSSR count). The molecular formula is C16H22O4. The van der Waals surface area contributed by atoms with Gasteiger partial charge in [0.25, 0.3) is 0 Å². The van der Waals surface area contributed by atoms with E-state index in [-0.39, 0.29) is 24.7 Å². The summed E-state index contributed by atoms with van der Waals surface area (Å²) in [7, 11) is 0. The Morgan fingerprint density at radius 3 is 2.45 bits per heavy atom. The van der Waals surface area contributed by atoms with E-state index in [0.29, 0.717) is 18.6 Å². The smallest absolute Gasteiger partial charge is 0.311 e. The van der Waals surface area contributed by atoms with Crippen LogP contribution >= 0.6 is 0 Å². The summed E-state index contributed by atoms with van der Waals surface area (Å²) in [4.78, 5) is 22.1. The second-order valence-electron chi connectivity index (χ2n) is 5.27. The molecule has 0 heterocycles. The summed E-state index contributed by atoms with van der Waals surface area (Å²) in [5.74, 6) is -0.240. The van der Waals surface area contributed by atoms with Gasteiger partial charge in [-0.15, -0.1) is 0 Å². The first kappa shape index (κ1) is 16.2. The molecule has 0 fully saturated rings. The van der Waals surface area contributed by atoms with Crippen LogP contribution in [0.5, 0.6) is 5.75 Å². The van der Waals surface area contributed by atoms with Crippen molar-refractivity contribution in [1.82, 2.24) is 0 Å². The van der Waals surface area contributed by atoms with E-state index in [0.717, 1.165) is 11.1 Å². The summed E-state index contributed by atoms with van der Waals surface area (Å²) in [5.41, 5.74) is 2.05. The average molecular weight is 278 g/mol. The highest BCUT2D eigenvalue weighted by Crippen LogP contribution is 2.27. The number of esters is 1. The van der Waals surface area contributed by atoms with Gasteiger partial charge >= 0.3 is 11.9 Å². The summed E-state index contributed by atoms with van der Waals surface area (Å²) < 4.78 is 5.41. The van der Waals surface area contributed by atoms with E-state index in [9.17, 15) is 9.59 Å². The molecule has 110 valence electrons. The maximum atomic E-state index is 11.8. The zero-order valence-electron chi connectivity index (χ0n) is 12.3. The number of carbonyl (C=O) groups excluding carboxylic acids is 1. The molecule has 4 heteroatoms. The molecule has 0 aromatic heterocycles. The van der Waals surface area contributed by atoms with Crippen LogP contribution in [0.1, 0.15) is 56.6 Å². The first-order chi connectivity index (χ1) is 9.40. The quantitative estimate of drug-likeness (QED) is 0.469. The lowest BCUT2D eigenvalue weighted by Crippen LogP contribution is -2.10. The number of hydrogen-bond acceptors (Lipinski definition) is 3. The van der Waals surface area contributed by atoms with Crippen LogP contribution in [0.25, 0.3) is 0 Å². The van der Waals surface area contributed by atoms with E-state index in [1.54, 1.807) is 0 Å². The van der Waals surface area contributed by atoms with Gasteiger partial charge < -0.3 is 9.84 Å². The molecule has 0 aliphatic carbocycles. The monoisotopic (exact) mass is 278 g/mol. The molecular weight excluding hydrogens is 256 g/mol. The number of carbonyl (C=O) groups is 2. The van der Waals surface area contributed by atoms with Crippen LogP contribution in [-0.4, -0.2) is 17.0 Å². The fourth-order valence-corrected chi connectivity index (χ4v) is 1.93. The maximum Gasteiger partial charge on any atom is 0.311 e. The van der Waals surface area contributed by atoms with E-state index in [4.69, 9.17) is 9.84 Å². The molecule has 0 saturated carbocycles. The average Bonchev–Trinajstić information content (AvgIpc) is 2.34. The summed E-state index contributed by atoms with van der Waals surface area (Å²) in [6, 6.07) is 5.84. The number of hydrogen-bond donors (Lipinski definition) is 1. The van der Waals surface area contributed by atoms with Gasteiger partial charge in [0.1, 0.15) is 5.75 Å². The number of carboxylic acid groups (broad SMARTS) is 1. The predicted molar refractivity (Wildman–Crippen MR) is 77.0 cm³/mol. The second kappa shape index (κ2) is 7.68. The Kier molecular flexibility index (Phi) is 6.22. The van der Waals surface area contributed by atoms with Crippen LogP contribution < -0.4 is 4.74 Å². The molecule has 1 aromatic rings. The minimum atomic E-state index is -0.834. The fraction of sp³-hybridized carbons (Fsp3) is 0.500. The summed E-state index contributed by atoms with van der Waals surface area (Å²) in [5, 5.41) is 8.53. The molecule has 0 radical (unpaired) electrons. The van der Waals surface area contributed by atoms with E-state index in [1.165, 1.54) is 0 Å². The Hall–Kier alpha value is -1.84. The summed E-state index contributed by atoms with van der Waals surface area (Å²) in [6.07, 6.45) is 1.37. The Labute approximate surface area is 119 Å². The molecule has 1 aromatic carbocycles. The number of aryl methyl sites for hydroxylation is 1. The van der Waals surface area contributed by atoms with Crippen LogP contribution in [0.4, 0.5) is 0 Å². The van der Waals surface area contributed by atoms with E-state index < -0.39 is 5.97 Å². The van der Waals surface area contributed by atoms with Gasteiger partial charge in [-0.1, -0.05) is 26.0 Å². The number of benzene rings is 1. The van der Waals surface area contributed by atoms with Gasteiger partial charge in [-0.25, -0.2) is 0 Å². The van der Waals surface area contributed by atoms with Crippen molar-refractivity contribution in [2.75, 3.05) is 0 Å². The van der Waals surface area contributed by atoms with Gasteiger partial charge in [0, 0.05) is 12.8 Å². The Morgan fingerprint density at radius 2 is 1.85 bits per heavy atom. The van der Waals surface area contributed by atoms with Crippen molar-refractivity contribution in [3.63, 3.8) is 0 Å². The third-order valence-electron chi connectivity index (χ3n) is 3.04. The molecule has 0 aliphatic rings. The highest BCUT2D eigenvalue weighted by atomic mass is 16.5. The van der Waals surface area contributed by atoms with Gasteiger partial charge in [-0.05, 0) is 42.9 Å². The van der Waals surface area contributed by atoms with Gasteiger partial charge in [-0.2, -0.15) is 0 Å². The van der Waals surface area contributed by atoms with Crippen LogP contribution in [0, 0.1) is 6.92 Å². The molecule has 0 amide bonds. The SMILES string of the molecule is Cc1ccc(C(C)C)c(OC(=O)CCCCC(=O)O)c1. The van der Waals surface area contributed by atoms with Crippen molar-refractivity contribution < 1.29 is 19.4 Å². The minimum Gasteiger partial charge on any atom is -0.481 e. The molecule has 0 saturated heterocycles. The minimum absolute atomic E-state index is 0.0922. The van der Waals surface area contributed by atoms with Crippen molar-refractivity contribution in [1.29, 1.82) is 0 Å². The first-order valence-electron chi connectivity index (χ1n) is 6.93. The Balaban J connectivity index is 2.57. The molecule has 0 spiro atoms. The highest BCUT2D eigenvalue weighted by Gasteiger charge is 2.12. The van der Waals surface area contributed by atoms with Crippen LogP contribution in [-0.2, 0) is 9.59 Å². The lowest BCUT2D eigenvalue weighted by Gasteiger charge is -2.13. The third kappa shape index (κ3) is 5.43. The molecule has 0 bridgehead atoms. The van der Waals surface area contributed by atoms with Crippen molar-refractivity contribution in [2.24, 2.45) is 0 Å². The zero-order valence-corrected chi connectivity index (χ0v) is 12.3. The first-order valence-corrected chi connectivity index (χ1v) is 6.93. The van der Waals surface area contributed by atoms with Gasteiger partial charge in [0.05, 0.1) is 0 Å². The fourth-order valence-electron chi connectivity index (χ4n) is 1.93. The van der Waals surface area contributed by atoms with Gasteiger partial charge in [0.2, 0.25) is 0 Å². The molecule has 4 nitrogen and oxygen atoms in total. The van der Waals surface area contributed by atoms with Gasteiger partial charge in [0.15, 0.2) is 0 Å². The second-order valence-corrected chi connectivity index (χ2v) is 5.27. The van der Waals surface area contributed by atoms with Crippen molar-refractivity contribution in [3.05, 3.63) is 29.3 Å². The van der Waals surface area contributed by atoms with Crippen molar-refractivity contribution in [2.45, 2.75) is 52.4 Å². The zero-order chi connectivity index (χ0) is 15.1. The number of rotatable bonds is 7. The normalized spacial score (nSPS) is 10.6. The third-order valence-corrected chi connectivity index (χ3v) is 3.04. The lowest BCUT2D eigenvalue weighted by molar-refractivity contribution is -0.138. The predicted octanol–water partition coefficient (Wildman–Crippen LogP) is 3.67. The number of carboxylic acids is 1. The summed E-state index contributed by atoms with van der Waals surface area (Å²) >= 11 is 0. The van der Waals surface area contributed by atoms with Gasteiger partial charge in [-0.3, -0.25) is 9.59 Å². The van der Waals surface area contributed by atoms with Crippen LogP contribution in [0.2, 0.25) is 0 Å². The number of aliphatic carboxylic acids is 1. The number of ether oxygens (including phenoxy) is 1. The topological polar surface area (TPSA) is 63.6 Å². The molecule has 1 N–H and O–H groups in total. The summed E-state index contributed by atoms with van der Waals surface area (Å²) in [6.45, 7) is 6.05.